The summed E-state index contributed by atoms with van der Waals surface area (Å²) in [5, 5.41) is 3.15. The molecule has 6 heteroatoms. The second-order valence-electron chi connectivity index (χ2n) is 7.13. The van der Waals surface area contributed by atoms with Crippen LogP contribution in [0.5, 0.6) is 0 Å². The Balaban J connectivity index is 1.59. The number of amides is 1. The van der Waals surface area contributed by atoms with Gasteiger partial charge in [0.25, 0.3) is 0 Å². The van der Waals surface area contributed by atoms with E-state index in [4.69, 9.17) is 0 Å². The third-order valence-corrected chi connectivity index (χ3v) is 5.44. The van der Waals surface area contributed by atoms with Crippen molar-refractivity contribution in [2.45, 2.75) is 39.2 Å². The molecule has 6 nitrogen and oxygen atoms in total. The van der Waals surface area contributed by atoms with Gasteiger partial charge in [0.2, 0.25) is 11.9 Å². The van der Waals surface area contributed by atoms with Crippen LogP contribution < -0.4 is 10.2 Å². The Morgan fingerprint density at radius 2 is 1.74 bits per heavy atom. The van der Waals surface area contributed by atoms with Gasteiger partial charge in [0, 0.05) is 44.3 Å². The lowest BCUT2D eigenvalue weighted by Crippen LogP contribution is -2.53. The number of hydrogen-bond donors (Lipinski definition) is 1. The molecule has 1 fully saturated rings. The van der Waals surface area contributed by atoms with E-state index in [1.165, 1.54) is 5.56 Å². The number of para-hydroxylation sites is 1. The number of carbonyl (C=O) groups is 1. The van der Waals surface area contributed by atoms with Gasteiger partial charge >= 0.3 is 0 Å². The van der Waals surface area contributed by atoms with Gasteiger partial charge < -0.3 is 10.2 Å². The maximum atomic E-state index is 12.8. The zero-order chi connectivity index (χ0) is 19.2. The minimum absolute atomic E-state index is 0.0511. The number of nitrogens with zero attached hydrogens (tertiary/aromatic N) is 4. The lowest BCUT2D eigenvalue weighted by atomic mass is 9.97. The largest absolute Gasteiger partial charge is 0.338 e. The zero-order valence-corrected chi connectivity index (χ0v) is 16.4. The average molecular weight is 367 g/mol. The van der Waals surface area contributed by atoms with Gasteiger partial charge in [-0.05, 0) is 37.0 Å². The Morgan fingerprint density at radius 3 is 2.41 bits per heavy atom. The minimum Gasteiger partial charge on any atom is -0.338 e. The van der Waals surface area contributed by atoms with E-state index in [2.05, 4.69) is 45.0 Å². The maximum absolute atomic E-state index is 12.8. The molecule has 0 saturated carbocycles. The molecule has 0 unspecified atom stereocenters. The van der Waals surface area contributed by atoms with E-state index in [1.807, 2.05) is 31.2 Å². The van der Waals surface area contributed by atoms with Crippen LogP contribution in [-0.4, -0.2) is 53.0 Å². The number of carbonyl (C=O) groups excluding carboxylic acids is 1. The molecule has 1 aromatic heterocycles. The van der Waals surface area contributed by atoms with Crippen molar-refractivity contribution in [1.29, 1.82) is 0 Å². The first-order valence-electron chi connectivity index (χ1n) is 9.76. The van der Waals surface area contributed by atoms with Crippen molar-refractivity contribution in [2.75, 3.05) is 36.4 Å². The normalized spacial score (nSPS) is 17.4. The van der Waals surface area contributed by atoms with Gasteiger partial charge in [0.05, 0.1) is 6.04 Å². The van der Waals surface area contributed by atoms with Crippen LogP contribution in [0.2, 0.25) is 0 Å². The fourth-order valence-electron chi connectivity index (χ4n) is 3.43. The van der Waals surface area contributed by atoms with Crippen LogP contribution >= 0.6 is 0 Å². The second kappa shape index (κ2) is 8.95. The molecule has 2 heterocycles. The Hall–Kier alpha value is -2.47. The first kappa shape index (κ1) is 19.3. The maximum Gasteiger partial charge on any atom is 0.241 e. The number of aromatic nitrogens is 2. The minimum atomic E-state index is -0.172. The predicted molar refractivity (Wildman–Crippen MR) is 109 cm³/mol. The smallest absolute Gasteiger partial charge is 0.241 e. The molecule has 0 bridgehead atoms. The van der Waals surface area contributed by atoms with E-state index >= 15 is 0 Å². The lowest BCUT2D eigenvalue weighted by Gasteiger charge is -2.37. The fourth-order valence-corrected chi connectivity index (χ4v) is 3.43. The van der Waals surface area contributed by atoms with E-state index in [0.717, 1.165) is 44.2 Å². The van der Waals surface area contributed by atoms with E-state index in [0.29, 0.717) is 5.92 Å². The van der Waals surface area contributed by atoms with E-state index in [1.54, 1.807) is 12.4 Å². The summed E-state index contributed by atoms with van der Waals surface area (Å²) in [6, 6.07) is 9.76. The van der Waals surface area contributed by atoms with E-state index in [9.17, 15) is 4.79 Å². The molecule has 1 amide bonds. The van der Waals surface area contributed by atoms with Crippen LogP contribution in [0.25, 0.3) is 0 Å². The Morgan fingerprint density at radius 1 is 1.07 bits per heavy atom. The van der Waals surface area contributed by atoms with Crippen molar-refractivity contribution >= 4 is 17.5 Å². The monoisotopic (exact) mass is 367 g/mol. The molecule has 1 N–H and O–H groups in total. The number of rotatable bonds is 6. The lowest BCUT2D eigenvalue weighted by molar-refractivity contribution is -0.120. The summed E-state index contributed by atoms with van der Waals surface area (Å²) in [6.45, 7) is 9.63. The summed E-state index contributed by atoms with van der Waals surface area (Å²) >= 11 is 0. The van der Waals surface area contributed by atoms with Crippen LogP contribution in [0.3, 0.4) is 0 Å². The van der Waals surface area contributed by atoms with Crippen molar-refractivity contribution in [3.05, 3.63) is 48.3 Å². The summed E-state index contributed by atoms with van der Waals surface area (Å²) in [4.78, 5) is 25.9. The molecule has 2 atom stereocenters. The summed E-state index contributed by atoms with van der Waals surface area (Å²) in [5.74, 6) is 1.23. The second-order valence-corrected chi connectivity index (χ2v) is 7.13. The van der Waals surface area contributed by atoms with Crippen LogP contribution in [0.1, 0.15) is 38.7 Å². The molecule has 0 spiro atoms. The summed E-state index contributed by atoms with van der Waals surface area (Å²) in [5.41, 5.74) is 2.13. The molecule has 0 radical (unpaired) electrons. The van der Waals surface area contributed by atoms with Crippen molar-refractivity contribution < 1.29 is 4.79 Å². The summed E-state index contributed by atoms with van der Waals surface area (Å²) in [7, 11) is 0. The van der Waals surface area contributed by atoms with E-state index in [-0.39, 0.29) is 11.9 Å². The summed E-state index contributed by atoms with van der Waals surface area (Å²) in [6.07, 6.45) is 4.57. The molecule has 1 aliphatic rings. The quantitative estimate of drug-likeness (QED) is 0.850. The van der Waals surface area contributed by atoms with Crippen LogP contribution in [0, 0.1) is 0 Å². The zero-order valence-electron chi connectivity index (χ0n) is 16.4. The molecule has 1 aliphatic heterocycles. The van der Waals surface area contributed by atoms with Crippen molar-refractivity contribution in [3.63, 3.8) is 0 Å². The van der Waals surface area contributed by atoms with Gasteiger partial charge in [-0.3, -0.25) is 9.69 Å². The molecule has 27 heavy (non-hydrogen) atoms. The molecular formula is C21H29N5O. The van der Waals surface area contributed by atoms with E-state index < -0.39 is 0 Å². The van der Waals surface area contributed by atoms with Crippen LogP contribution in [-0.2, 0) is 4.79 Å². The molecule has 144 valence electrons. The van der Waals surface area contributed by atoms with Gasteiger partial charge in [0.1, 0.15) is 0 Å². The molecule has 2 aromatic rings. The topological polar surface area (TPSA) is 61.4 Å². The average Bonchev–Trinajstić information content (AvgIpc) is 2.73. The van der Waals surface area contributed by atoms with Gasteiger partial charge in [0.15, 0.2) is 0 Å². The molecule has 3 rings (SSSR count). The van der Waals surface area contributed by atoms with Crippen LogP contribution in [0.4, 0.5) is 11.6 Å². The highest BCUT2D eigenvalue weighted by atomic mass is 16.2. The fraction of sp³-hybridized carbons (Fsp3) is 0.476. The highest BCUT2D eigenvalue weighted by molar-refractivity contribution is 5.95. The van der Waals surface area contributed by atoms with Crippen molar-refractivity contribution in [1.82, 2.24) is 14.9 Å². The Labute approximate surface area is 161 Å². The third-order valence-electron chi connectivity index (χ3n) is 5.44. The Bertz CT molecular complexity index is 743. The van der Waals surface area contributed by atoms with Gasteiger partial charge in [-0.15, -0.1) is 0 Å². The van der Waals surface area contributed by atoms with Crippen molar-refractivity contribution in [3.8, 4) is 0 Å². The first-order chi connectivity index (χ1) is 13.1. The number of anilines is 2. The number of piperazine rings is 1. The van der Waals surface area contributed by atoms with Crippen LogP contribution in [0.15, 0.2) is 42.7 Å². The molecule has 1 aromatic carbocycles. The molecule has 1 saturated heterocycles. The van der Waals surface area contributed by atoms with Gasteiger partial charge in [-0.25, -0.2) is 9.97 Å². The third kappa shape index (κ3) is 4.63. The SMILES string of the molecule is CC[C@@H](C)c1ccccc1NC(=O)[C@@H](C)N1CCN(c2ncccn2)CC1. The molecule has 0 aliphatic carbocycles. The number of benzene rings is 1. The van der Waals surface area contributed by atoms with Gasteiger partial charge in [-0.1, -0.05) is 32.0 Å². The summed E-state index contributed by atoms with van der Waals surface area (Å²) < 4.78 is 0. The highest BCUT2D eigenvalue weighted by Crippen LogP contribution is 2.26. The standard InChI is InChI=1S/C21H29N5O/c1-4-16(2)18-8-5-6-9-19(18)24-20(27)17(3)25-12-14-26(15-13-25)21-22-10-7-11-23-21/h5-11,16-17H,4,12-15H2,1-3H3,(H,24,27)/t16-,17-/m1/s1. The Kier molecular flexibility index (Phi) is 6.40. The van der Waals surface area contributed by atoms with Crippen molar-refractivity contribution in [2.24, 2.45) is 0 Å². The predicted octanol–water partition coefficient (Wildman–Crippen LogP) is 3.14. The van der Waals surface area contributed by atoms with Gasteiger partial charge in [-0.2, -0.15) is 0 Å². The number of nitrogens with one attached hydrogen (secondary N) is 1. The molecular weight excluding hydrogens is 338 g/mol. The number of hydrogen-bond acceptors (Lipinski definition) is 5. The highest BCUT2D eigenvalue weighted by Gasteiger charge is 2.27. The first-order valence-corrected chi connectivity index (χ1v) is 9.76.